The SMILES string of the molecule is C=CN=C(NC=O)OCCOC. The Hall–Kier alpha value is -1.36. The van der Waals surface area contributed by atoms with Crippen LogP contribution in [0, 0.1) is 0 Å². The molecule has 0 aliphatic heterocycles. The van der Waals surface area contributed by atoms with Crippen LogP contribution in [-0.2, 0) is 14.3 Å². The van der Waals surface area contributed by atoms with E-state index in [2.05, 4.69) is 16.9 Å². The molecule has 0 unspecified atom stereocenters. The molecule has 0 saturated carbocycles. The molecule has 0 radical (unpaired) electrons. The summed E-state index contributed by atoms with van der Waals surface area (Å²) in [6.07, 6.45) is 1.76. The number of hydrogen-bond donors (Lipinski definition) is 1. The van der Waals surface area contributed by atoms with Gasteiger partial charge in [0.1, 0.15) is 6.61 Å². The van der Waals surface area contributed by atoms with E-state index >= 15 is 0 Å². The van der Waals surface area contributed by atoms with Crippen LogP contribution in [0.4, 0.5) is 0 Å². The van der Waals surface area contributed by atoms with E-state index in [-0.39, 0.29) is 6.02 Å². The minimum absolute atomic E-state index is 0.122. The molecule has 5 heteroatoms. The third-order valence-electron chi connectivity index (χ3n) is 0.917. The molecule has 0 atom stereocenters. The molecule has 12 heavy (non-hydrogen) atoms. The molecule has 1 amide bonds. The zero-order valence-corrected chi connectivity index (χ0v) is 6.95. The van der Waals surface area contributed by atoms with Crippen LogP contribution in [-0.4, -0.2) is 32.8 Å². The van der Waals surface area contributed by atoms with Gasteiger partial charge in [-0.2, -0.15) is 0 Å². The second kappa shape index (κ2) is 7.74. The van der Waals surface area contributed by atoms with Gasteiger partial charge in [-0.25, -0.2) is 4.99 Å². The Morgan fingerprint density at radius 2 is 2.42 bits per heavy atom. The molecule has 0 aromatic carbocycles. The van der Waals surface area contributed by atoms with Gasteiger partial charge >= 0.3 is 0 Å². The number of aliphatic imine (C=N–C) groups is 1. The van der Waals surface area contributed by atoms with E-state index in [9.17, 15) is 4.79 Å². The van der Waals surface area contributed by atoms with Crippen molar-refractivity contribution in [2.24, 2.45) is 4.99 Å². The molecule has 0 aliphatic carbocycles. The Kier molecular flexibility index (Phi) is 6.87. The van der Waals surface area contributed by atoms with Crippen LogP contribution in [0.5, 0.6) is 0 Å². The van der Waals surface area contributed by atoms with Crippen molar-refractivity contribution < 1.29 is 14.3 Å². The van der Waals surface area contributed by atoms with Crippen LogP contribution in [0.1, 0.15) is 0 Å². The highest BCUT2D eigenvalue weighted by molar-refractivity contribution is 5.84. The van der Waals surface area contributed by atoms with Crippen LogP contribution in [0.15, 0.2) is 17.8 Å². The lowest BCUT2D eigenvalue weighted by molar-refractivity contribution is -0.108. The lowest BCUT2D eigenvalue weighted by Gasteiger charge is -2.05. The third-order valence-corrected chi connectivity index (χ3v) is 0.917. The maximum atomic E-state index is 9.99. The van der Waals surface area contributed by atoms with Gasteiger partial charge in [-0.05, 0) is 0 Å². The molecule has 0 aliphatic rings. The van der Waals surface area contributed by atoms with Crippen molar-refractivity contribution in [2.75, 3.05) is 20.3 Å². The van der Waals surface area contributed by atoms with Crippen molar-refractivity contribution in [3.8, 4) is 0 Å². The van der Waals surface area contributed by atoms with Gasteiger partial charge in [0.25, 0.3) is 6.02 Å². The van der Waals surface area contributed by atoms with Crippen LogP contribution in [0.25, 0.3) is 0 Å². The standard InChI is InChI=1S/C7H12N2O3/c1-3-8-7(9-6-10)12-5-4-11-2/h3,6H,1,4-5H2,2H3,(H,8,9,10). The molecule has 0 heterocycles. The Bertz CT molecular complexity index is 168. The predicted molar refractivity (Wildman–Crippen MR) is 44.7 cm³/mol. The fourth-order valence-corrected chi connectivity index (χ4v) is 0.471. The summed E-state index contributed by atoms with van der Waals surface area (Å²) in [5.74, 6) is 0. The fourth-order valence-electron chi connectivity index (χ4n) is 0.471. The molecule has 0 fully saturated rings. The Morgan fingerprint density at radius 3 is 2.92 bits per heavy atom. The average Bonchev–Trinajstić information content (AvgIpc) is 2.06. The number of amidine groups is 1. The summed E-state index contributed by atoms with van der Waals surface area (Å²) < 4.78 is 9.70. The summed E-state index contributed by atoms with van der Waals surface area (Å²) in [4.78, 5) is 13.6. The van der Waals surface area contributed by atoms with E-state index in [1.165, 1.54) is 6.20 Å². The molecular formula is C7H12N2O3. The topological polar surface area (TPSA) is 59.9 Å². The molecule has 0 saturated heterocycles. The summed E-state index contributed by atoms with van der Waals surface area (Å²) in [5.41, 5.74) is 0. The highest BCUT2D eigenvalue weighted by Gasteiger charge is 1.95. The highest BCUT2D eigenvalue weighted by Crippen LogP contribution is 1.80. The molecule has 0 aromatic heterocycles. The van der Waals surface area contributed by atoms with Gasteiger partial charge < -0.3 is 9.47 Å². The fraction of sp³-hybridized carbons (Fsp3) is 0.429. The van der Waals surface area contributed by atoms with Crippen molar-refractivity contribution >= 4 is 12.4 Å². The molecule has 0 bridgehead atoms. The Morgan fingerprint density at radius 1 is 1.67 bits per heavy atom. The zero-order chi connectivity index (χ0) is 9.23. The lowest BCUT2D eigenvalue weighted by Crippen LogP contribution is -2.25. The summed E-state index contributed by atoms with van der Waals surface area (Å²) >= 11 is 0. The van der Waals surface area contributed by atoms with Crippen LogP contribution in [0.2, 0.25) is 0 Å². The highest BCUT2D eigenvalue weighted by atomic mass is 16.5. The van der Waals surface area contributed by atoms with E-state index in [1.807, 2.05) is 0 Å². The number of nitrogens with zero attached hydrogens (tertiary/aromatic N) is 1. The molecule has 5 nitrogen and oxygen atoms in total. The summed E-state index contributed by atoms with van der Waals surface area (Å²) in [5, 5.41) is 2.26. The maximum absolute atomic E-state index is 9.99. The van der Waals surface area contributed by atoms with Gasteiger partial charge in [0.15, 0.2) is 0 Å². The predicted octanol–water partition coefficient (Wildman–Crippen LogP) is -0.105. The van der Waals surface area contributed by atoms with Crippen molar-refractivity contribution in [2.45, 2.75) is 0 Å². The first-order valence-corrected chi connectivity index (χ1v) is 3.35. The second-order valence-electron chi connectivity index (χ2n) is 1.72. The molecule has 0 aromatic rings. The Balaban J connectivity index is 3.70. The normalized spacial score (nSPS) is 10.6. The van der Waals surface area contributed by atoms with Crippen molar-refractivity contribution in [3.05, 3.63) is 12.8 Å². The number of methoxy groups -OCH3 is 1. The quantitative estimate of drug-likeness (QED) is 0.272. The van der Waals surface area contributed by atoms with Gasteiger partial charge in [0, 0.05) is 13.3 Å². The summed E-state index contributed by atoms with van der Waals surface area (Å²) in [7, 11) is 1.56. The van der Waals surface area contributed by atoms with Crippen molar-refractivity contribution in [1.82, 2.24) is 5.32 Å². The van der Waals surface area contributed by atoms with E-state index in [4.69, 9.17) is 9.47 Å². The monoisotopic (exact) mass is 172 g/mol. The largest absolute Gasteiger partial charge is 0.462 e. The summed E-state index contributed by atoms with van der Waals surface area (Å²) in [6.45, 7) is 4.13. The number of carbonyl (C=O) groups is 1. The smallest absolute Gasteiger partial charge is 0.295 e. The van der Waals surface area contributed by atoms with E-state index in [0.29, 0.717) is 19.6 Å². The van der Waals surface area contributed by atoms with Crippen LogP contribution >= 0.6 is 0 Å². The zero-order valence-electron chi connectivity index (χ0n) is 6.95. The van der Waals surface area contributed by atoms with Crippen LogP contribution < -0.4 is 5.32 Å². The van der Waals surface area contributed by atoms with E-state index in [1.54, 1.807) is 7.11 Å². The van der Waals surface area contributed by atoms with E-state index < -0.39 is 0 Å². The lowest BCUT2D eigenvalue weighted by atomic mass is 10.8. The molecule has 68 valence electrons. The molecule has 0 rings (SSSR count). The van der Waals surface area contributed by atoms with Gasteiger partial charge in [0.2, 0.25) is 6.41 Å². The summed E-state index contributed by atoms with van der Waals surface area (Å²) in [6, 6.07) is 0.122. The van der Waals surface area contributed by atoms with E-state index in [0.717, 1.165) is 0 Å². The number of hydrogen-bond acceptors (Lipinski definition) is 4. The van der Waals surface area contributed by atoms with Gasteiger partial charge in [-0.1, -0.05) is 6.58 Å². The first-order chi connectivity index (χ1) is 5.85. The minimum Gasteiger partial charge on any atom is -0.462 e. The van der Waals surface area contributed by atoms with Gasteiger partial charge in [-0.3, -0.25) is 10.1 Å². The first kappa shape index (κ1) is 10.6. The molecule has 0 spiro atoms. The maximum Gasteiger partial charge on any atom is 0.295 e. The number of amides is 1. The average molecular weight is 172 g/mol. The van der Waals surface area contributed by atoms with Crippen LogP contribution in [0.3, 0.4) is 0 Å². The number of carbonyl (C=O) groups excluding carboxylic acids is 1. The van der Waals surface area contributed by atoms with Gasteiger partial charge in [-0.15, -0.1) is 0 Å². The van der Waals surface area contributed by atoms with Crippen molar-refractivity contribution in [1.29, 1.82) is 0 Å². The number of ether oxygens (including phenoxy) is 2. The second-order valence-corrected chi connectivity index (χ2v) is 1.72. The minimum atomic E-state index is 0.122. The number of rotatable bonds is 5. The molecule has 1 N–H and O–H groups in total. The number of nitrogens with one attached hydrogen (secondary N) is 1. The third kappa shape index (κ3) is 5.43. The first-order valence-electron chi connectivity index (χ1n) is 3.35. The van der Waals surface area contributed by atoms with Gasteiger partial charge in [0.05, 0.1) is 6.61 Å². The Labute approximate surface area is 71.1 Å². The molecular weight excluding hydrogens is 160 g/mol. The van der Waals surface area contributed by atoms with Crippen molar-refractivity contribution in [3.63, 3.8) is 0 Å².